The van der Waals surface area contributed by atoms with Crippen molar-refractivity contribution in [3.63, 3.8) is 0 Å². The van der Waals surface area contributed by atoms with Crippen LogP contribution in [0.25, 0.3) is 0 Å². The summed E-state index contributed by atoms with van der Waals surface area (Å²) < 4.78 is 0. The summed E-state index contributed by atoms with van der Waals surface area (Å²) in [5, 5.41) is 0. The molecule has 12 heavy (non-hydrogen) atoms. The molecule has 3 aliphatic carbocycles. The van der Waals surface area contributed by atoms with Crippen LogP contribution in [0, 0.1) is 23.2 Å². The molecule has 0 aliphatic heterocycles. The lowest BCUT2D eigenvalue weighted by atomic mass is 9.55. The summed E-state index contributed by atoms with van der Waals surface area (Å²) in [6, 6.07) is 0. The molecule has 0 saturated heterocycles. The Morgan fingerprint density at radius 1 is 1.50 bits per heavy atom. The van der Waals surface area contributed by atoms with Crippen LogP contribution in [0.3, 0.4) is 0 Å². The van der Waals surface area contributed by atoms with Gasteiger partial charge in [0, 0.05) is 0 Å². The van der Waals surface area contributed by atoms with Crippen LogP contribution < -0.4 is 0 Å². The van der Waals surface area contributed by atoms with E-state index in [1.165, 1.54) is 32.1 Å². The number of allylic oxidation sites excluding steroid dienone is 1. The molecule has 0 nitrogen and oxygen atoms in total. The van der Waals surface area contributed by atoms with E-state index < -0.39 is 0 Å². The highest BCUT2D eigenvalue weighted by Gasteiger charge is 2.61. The largest absolute Gasteiger partial charge is 0.0995 e. The van der Waals surface area contributed by atoms with Crippen molar-refractivity contribution in [2.24, 2.45) is 23.2 Å². The van der Waals surface area contributed by atoms with Crippen LogP contribution >= 0.6 is 0 Å². The van der Waals surface area contributed by atoms with E-state index in [0.717, 1.165) is 23.2 Å². The van der Waals surface area contributed by atoms with E-state index in [2.05, 4.69) is 13.5 Å². The number of rotatable bonds is 0. The molecular weight excluding hydrogens is 144 g/mol. The molecule has 3 aliphatic rings. The third-order valence-corrected chi connectivity index (χ3v) is 4.85. The quantitative estimate of drug-likeness (QED) is 0.479. The minimum Gasteiger partial charge on any atom is -0.0995 e. The van der Waals surface area contributed by atoms with Crippen molar-refractivity contribution in [3.8, 4) is 0 Å². The van der Waals surface area contributed by atoms with E-state index in [4.69, 9.17) is 0 Å². The Bertz CT molecular complexity index is 240. The first-order chi connectivity index (χ1) is 5.74. The zero-order valence-corrected chi connectivity index (χ0v) is 7.97. The minimum absolute atomic E-state index is 0.788. The fourth-order valence-corrected chi connectivity index (χ4v) is 4.64. The fourth-order valence-electron chi connectivity index (χ4n) is 4.64. The van der Waals surface area contributed by atoms with Crippen LogP contribution in [0.2, 0.25) is 0 Å². The Hall–Kier alpha value is -0.260. The second-order valence-electron chi connectivity index (χ2n) is 5.35. The SMILES string of the molecule is C=C1CC23CCCC2CC(C)C13. The number of hydrogen-bond donors (Lipinski definition) is 0. The van der Waals surface area contributed by atoms with E-state index in [9.17, 15) is 0 Å². The van der Waals surface area contributed by atoms with Gasteiger partial charge in [-0.15, -0.1) is 0 Å². The van der Waals surface area contributed by atoms with Gasteiger partial charge in [0.2, 0.25) is 0 Å². The van der Waals surface area contributed by atoms with E-state index in [1.54, 1.807) is 5.57 Å². The summed E-state index contributed by atoms with van der Waals surface area (Å²) in [6.07, 6.45) is 7.43. The summed E-state index contributed by atoms with van der Waals surface area (Å²) in [6.45, 7) is 6.65. The lowest BCUT2D eigenvalue weighted by molar-refractivity contribution is 0.0966. The van der Waals surface area contributed by atoms with Crippen LogP contribution in [0.15, 0.2) is 12.2 Å². The van der Waals surface area contributed by atoms with Gasteiger partial charge in [0.05, 0.1) is 0 Å². The molecule has 3 saturated carbocycles. The average molecular weight is 162 g/mol. The van der Waals surface area contributed by atoms with Crippen molar-refractivity contribution in [2.45, 2.75) is 39.0 Å². The molecule has 66 valence electrons. The average Bonchev–Trinajstić information content (AvgIpc) is 2.40. The van der Waals surface area contributed by atoms with Crippen LogP contribution in [0.1, 0.15) is 39.0 Å². The van der Waals surface area contributed by atoms with E-state index >= 15 is 0 Å². The van der Waals surface area contributed by atoms with Crippen molar-refractivity contribution < 1.29 is 0 Å². The van der Waals surface area contributed by atoms with E-state index in [-0.39, 0.29) is 0 Å². The summed E-state index contributed by atoms with van der Waals surface area (Å²) >= 11 is 0. The van der Waals surface area contributed by atoms with Crippen molar-refractivity contribution in [1.29, 1.82) is 0 Å². The third-order valence-electron chi connectivity index (χ3n) is 4.85. The molecule has 3 rings (SSSR count). The Morgan fingerprint density at radius 2 is 2.33 bits per heavy atom. The van der Waals surface area contributed by atoms with Crippen LogP contribution in [-0.4, -0.2) is 0 Å². The molecule has 0 aromatic rings. The molecule has 3 fully saturated rings. The summed E-state index contributed by atoms with van der Waals surface area (Å²) in [5.74, 6) is 2.98. The second kappa shape index (κ2) is 1.97. The van der Waals surface area contributed by atoms with E-state index in [0.29, 0.717) is 0 Å². The first-order valence-electron chi connectivity index (χ1n) is 5.42. The molecule has 4 unspecified atom stereocenters. The highest BCUT2D eigenvalue weighted by molar-refractivity contribution is 5.28. The monoisotopic (exact) mass is 162 g/mol. The third kappa shape index (κ3) is 0.582. The van der Waals surface area contributed by atoms with Gasteiger partial charge in [0.1, 0.15) is 0 Å². The maximum Gasteiger partial charge on any atom is -0.0118 e. The Kier molecular flexibility index (Phi) is 1.18. The molecular formula is C12H18. The van der Waals surface area contributed by atoms with Crippen LogP contribution in [-0.2, 0) is 0 Å². The van der Waals surface area contributed by atoms with Gasteiger partial charge < -0.3 is 0 Å². The fraction of sp³-hybridized carbons (Fsp3) is 0.833. The summed E-state index contributed by atoms with van der Waals surface area (Å²) in [7, 11) is 0. The number of hydrogen-bond acceptors (Lipinski definition) is 0. The molecule has 0 amide bonds. The molecule has 4 atom stereocenters. The van der Waals surface area contributed by atoms with Gasteiger partial charge >= 0.3 is 0 Å². The Labute approximate surface area is 75.0 Å². The van der Waals surface area contributed by atoms with Gasteiger partial charge in [-0.25, -0.2) is 0 Å². The second-order valence-corrected chi connectivity index (χ2v) is 5.35. The molecule has 0 aromatic carbocycles. The molecule has 0 heterocycles. The van der Waals surface area contributed by atoms with Gasteiger partial charge in [-0.05, 0) is 48.9 Å². The Morgan fingerprint density at radius 3 is 3.08 bits per heavy atom. The first-order valence-corrected chi connectivity index (χ1v) is 5.42. The summed E-state index contributed by atoms with van der Waals surface area (Å²) in [5.41, 5.74) is 2.36. The van der Waals surface area contributed by atoms with Crippen molar-refractivity contribution in [3.05, 3.63) is 12.2 Å². The molecule has 0 radical (unpaired) electrons. The van der Waals surface area contributed by atoms with Crippen LogP contribution in [0.5, 0.6) is 0 Å². The highest BCUT2D eigenvalue weighted by Crippen LogP contribution is 2.70. The van der Waals surface area contributed by atoms with Crippen molar-refractivity contribution in [1.82, 2.24) is 0 Å². The summed E-state index contributed by atoms with van der Waals surface area (Å²) in [4.78, 5) is 0. The maximum atomic E-state index is 4.21. The van der Waals surface area contributed by atoms with Crippen LogP contribution in [0.4, 0.5) is 0 Å². The lowest BCUT2D eigenvalue weighted by Gasteiger charge is -2.49. The predicted molar refractivity (Wildman–Crippen MR) is 50.8 cm³/mol. The van der Waals surface area contributed by atoms with Gasteiger partial charge in [-0.1, -0.05) is 25.5 Å². The smallest absolute Gasteiger partial charge is 0.0118 e. The van der Waals surface area contributed by atoms with E-state index in [1.807, 2.05) is 0 Å². The standard InChI is InChI=1S/C12H18/c1-8-6-10-4-3-5-12(10)7-9(2)11(8)12/h8,10-11H,2-7H2,1H3. The molecule has 0 N–H and O–H groups in total. The van der Waals surface area contributed by atoms with Gasteiger partial charge in [-0.3, -0.25) is 0 Å². The van der Waals surface area contributed by atoms with Gasteiger partial charge in [-0.2, -0.15) is 0 Å². The van der Waals surface area contributed by atoms with Crippen molar-refractivity contribution in [2.75, 3.05) is 0 Å². The molecule has 0 aromatic heterocycles. The predicted octanol–water partition coefficient (Wildman–Crippen LogP) is 3.39. The lowest BCUT2D eigenvalue weighted by Crippen LogP contribution is -2.41. The van der Waals surface area contributed by atoms with Crippen molar-refractivity contribution >= 4 is 0 Å². The first kappa shape index (κ1) is 7.17. The topological polar surface area (TPSA) is 0 Å². The highest BCUT2D eigenvalue weighted by atomic mass is 14.7. The zero-order chi connectivity index (χ0) is 8.34. The molecule has 1 spiro atoms. The normalized spacial score (nSPS) is 56.4. The Balaban J connectivity index is 1.99. The van der Waals surface area contributed by atoms with Gasteiger partial charge in [0.25, 0.3) is 0 Å². The van der Waals surface area contributed by atoms with Gasteiger partial charge in [0.15, 0.2) is 0 Å². The molecule has 0 bridgehead atoms. The minimum atomic E-state index is 0.788. The maximum absolute atomic E-state index is 4.21. The molecule has 0 heteroatoms. The zero-order valence-electron chi connectivity index (χ0n) is 7.97.